The van der Waals surface area contributed by atoms with Crippen LogP contribution in [0.5, 0.6) is 0 Å². The van der Waals surface area contributed by atoms with Crippen molar-refractivity contribution in [2.75, 3.05) is 10.6 Å². The molecule has 0 spiro atoms. The molecule has 3 aromatic carbocycles. The Balaban J connectivity index is 1.60. The molecule has 0 bridgehead atoms. The lowest BCUT2D eigenvalue weighted by Crippen LogP contribution is -2.31. The van der Waals surface area contributed by atoms with E-state index in [1.54, 1.807) is 28.9 Å². The Kier molecular flexibility index (Phi) is 5.58. The van der Waals surface area contributed by atoms with Crippen molar-refractivity contribution in [2.24, 2.45) is 0 Å². The van der Waals surface area contributed by atoms with Crippen LogP contribution in [0.15, 0.2) is 90.1 Å². The highest BCUT2D eigenvalue weighted by atomic mass is 35.5. The standard InChI is InChI=1S/C26H19ClN6O/c1-16-22(25(34)30-21-5-3-2-4-6-21)23(18-9-7-17(15-28)8-10-18)33-26(29-16)31-24(32-33)19-11-13-20(27)14-12-19/h2-14,23H,1H3,(H,30,34)(H,29,31,32). The van der Waals surface area contributed by atoms with Crippen LogP contribution in [0, 0.1) is 11.3 Å². The first-order valence-electron chi connectivity index (χ1n) is 10.6. The van der Waals surface area contributed by atoms with Crippen LogP contribution in [0.3, 0.4) is 0 Å². The minimum Gasteiger partial charge on any atom is -0.328 e. The molecular formula is C26H19ClN6O. The fourth-order valence-electron chi connectivity index (χ4n) is 3.93. The molecule has 1 aromatic heterocycles. The van der Waals surface area contributed by atoms with E-state index in [2.05, 4.69) is 21.7 Å². The maximum absolute atomic E-state index is 13.5. The number of para-hydroxylation sites is 1. The topological polar surface area (TPSA) is 95.6 Å². The highest BCUT2D eigenvalue weighted by molar-refractivity contribution is 6.30. The fourth-order valence-corrected chi connectivity index (χ4v) is 4.06. The number of carbonyl (C=O) groups excluding carboxylic acids is 1. The average molecular weight is 467 g/mol. The van der Waals surface area contributed by atoms with Crippen molar-refractivity contribution >= 4 is 29.1 Å². The predicted octanol–water partition coefficient (Wildman–Crippen LogP) is 5.40. The van der Waals surface area contributed by atoms with E-state index in [0.717, 1.165) is 11.1 Å². The molecule has 1 aliphatic rings. The number of nitriles is 1. The summed E-state index contributed by atoms with van der Waals surface area (Å²) in [4.78, 5) is 18.1. The summed E-state index contributed by atoms with van der Waals surface area (Å²) in [5, 5.41) is 20.8. The number of nitrogens with zero attached hydrogens (tertiary/aromatic N) is 4. The molecule has 0 saturated heterocycles. The monoisotopic (exact) mass is 466 g/mol. The van der Waals surface area contributed by atoms with Gasteiger partial charge in [-0.25, -0.2) is 4.68 Å². The molecule has 0 radical (unpaired) electrons. The van der Waals surface area contributed by atoms with Crippen molar-refractivity contribution < 1.29 is 4.79 Å². The Hall–Kier alpha value is -4.41. The molecule has 0 fully saturated rings. The Morgan fingerprint density at radius 3 is 2.44 bits per heavy atom. The molecule has 0 saturated carbocycles. The quantitative estimate of drug-likeness (QED) is 0.420. The van der Waals surface area contributed by atoms with Crippen LogP contribution in [-0.4, -0.2) is 20.7 Å². The summed E-state index contributed by atoms with van der Waals surface area (Å²) in [7, 11) is 0. The molecule has 1 aliphatic heterocycles. The number of benzene rings is 3. The van der Waals surface area contributed by atoms with Gasteiger partial charge < -0.3 is 10.6 Å². The lowest BCUT2D eigenvalue weighted by atomic mass is 9.94. The van der Waals surface area contributed by atoms with Gasteiger partial charge in [0.15, 0.2) is 5.82 Å². The van der Waals surface area contributed by atoms with Crippen LogP contribution in [0.25, 0.3) is 11.4 Å². The lowest BCUT2D eigenvalue weighted by Gasteiger charge is -2.28. The second kappa shape index (κ2) is 8.85. The molecule has 0 aliphatic carbocycles. The highest BCUT2D eigenvalue weighted by Crippen LogP contribution is 2.37. The van der Waals surface area contributed by atoms with E-state index in [-0.39, 0.29) is 5.91 Å². The molecular weight excluding hydrogens is 448 g/mol. The molecule has 2 heterocycles. The zero-order valence-corrected chi connectivity index (χ0v) is 18.9. The number of fused-ring (bicyclic) bond motifs is 1. The van der Waals surface area contributed by atoms with E-state index in [1.165, 1.54) is 0 Å². The largest absolute Gasteiger partial charge is 0.328 e. The number of hydrogen-bond donors (Lipinski definition) is 2. The van der Waals surface area contributed by atoms with E-state index in [4.69, 9.17) is 16.7 Å². The Morgan fingerprint density at radius 2 is 1.76 bits per heavy atom. The molecule has 8 heteroatoms. The maximum atomic E-state index is 13.5. The minimum absolute atomic E-state index is 0.250. The Bertz CT molecular complexity index is 1430. The van der Waals surface area contributed by atoms with Gasteiger partial charge in [-0.05, 0) is 61.0 Å². The van der Waals surface area contributed by atoms with E-state index in [0.29, 0.717) is 39.3 Å². The molecule has 166 valence electrons. The SMILES string of the molecule is CC1=C(C(=O)Nc2ccccc2)C(c2ccc(C#N)cc2)n2nc(-c3ccc(Cl)cc3)nc2N1. The molecule has 7 nitrogen and oxygen atoms in total. The molecule has 4 aromatic rings. The fraction of sp³-hybridized carbons (Fsp3) is 0.0769. The molecule has 34 heavy (non-hydrogen) atoms. The number of halogens is 1. The number of amides is 1. The highest BCUT2D eigenvalue weighted by Gasteiger charge is 2.34. The number of aromatic nitrogens is 3. The molecule has 5 rings (SSSR count). The van der Waals surface area contributed by atoms with Gasteiger partial charge in [0.05, 0.1) is 17.2 Å². The van der Waals surface area contributed by atoms with Crippen LogP contribution in [0.4, 0.5) is 11.6 Å². The van der Waals surface area contributed by atoms with Crippen molar-refractivity contribution in [1.29, 1.82) is 5.26 Å². The zero-order chi connectivity index (χ0) is 23.7. The van der Waals surface area contributed by atoms with Crippen molar-refractivity contribution in [3.05, 3.63) is 106 Å². The number of anilines is 2. The van der Waals surface area contributed by atoms with Crippen LogP contribution in [0.2, 0.25) is 5.02 Å². The first-order chi connectivity index (χ1) is 16.5. The second-order valence-electron chi connectivity index (χ2n) is 7.83. The normalized spacial score (nSPS) is 14.7. The summed E-state index contributed by atoms with van der Waals surface area (Å²) < 4.78 is 1.71. The van der Waals surface area contributed by atoms with Crippen molar-refractivity contribution in [1.82, 2.24) is 14.8 Å². The second-order valence-corrected chi connectivity index (χ2v) is 8.27. The van der Waals surface area contributed by atoms with Gasteiger partial charge in [-0.2, -0.15) is 10.2 Å². The Morgan fingerprint density at radius 1 is 1.06 bits per heavy atom. The van der Waals surface area contributed by atoms with E-state index < -0.39 is 6.04 Å². The third kappa shape index (κ3) is 4.03. The summed E-state index contributed by atoms with van der Waals surface area (Å²) in [5.74, 6) is 0.781. The summed E-state index contributed by atoms with van der Waals surface area (Å²) >= 11 is 6.04. The number of carbonyl (C=O) groups is 1. The van der Waals surface area contributed by atoms with Gasteiger partial charge in [-0.3, -0.25) is 4.79 Å². The lowest BCUT2D eigenvalue weighted by molar-refractivity contribution is -0.113. The van der Waals surface area contributed by atoms with Crippen LogP contribution in [0.1, 0.15) is 24.1 Å². The van der Waals surface area contributed by atoms with E-state index >= 15 is 0 Å². The van der Waals surface area contributed by atoms with Gasteiger partial charge in [0.25, 0.3) is 5.91 Å². The van der Waals surface area contributed by atoms with Gasteiger partial charge in [-0.1, -0.05) is 41.9 Å². The Labute approximate surface area is 201 Å². The first-order valence-corrected chi connectivity index (χ1v) is 11.0. The predicted molar refractivity (Wildman–Crippen MR) is 131 cm³/mol. The minimum atomic E-state index is -0.541. The number of rotatable bonds is 4. The van der Waals surface area contributed by atoms with Crippen molar-refractivity contribution in [3.63, 3.8) is 0 Å². The van der Waals surface area contributed by atoms with Gasteiger partial charge >= 0.3 is 0 Å². The summed E-state index contributed by atoms with van der Waals surface area (Å²) in [6.45, 7) is 1.84. The third-order valence-corrected chi connectivity index (χ3v) is 5.84. The summed E-state index contributed by atoms with van der Waals surface area (Å²) in [5.41, 5.74) is 4.03. The summed E-state index contributed by atoms with van der Waals surface area (Å²) in [6, 6.07) is 25.3. The van der Waals surface area contributed by atoms with E-state index in [1.807, 2.05) is 61.5 Å². The van der Waals surface area contributed by atoms with Gasteiger partial charge in [0.2, 0.25) is 5.95 Å². The van der Waals surface area contributed by atoms with Crippen LogP contribution in [-0.2, 0) is 4.79 Å². The maximum Gasteiger partial charge on any atom is 0.255 e. The van der Waals surface area contributed by atoms with Gasteiger partial charge in [-0.15, -0.1) is 5.10 Å². The van der Waals surface area contributed by atoms with Crippen LogP contribution >= 0.6 is 11.6 Å². The number of nitrogens with one attached hydrogen (secondary N) is 2. The van der Waals surface area contributed by atoms with Crippen molar-refractivity contribution in [2.45, 2.75) is 13.0 Å². The number of allylic oxidation sites excluding steroid dienone is 1. The van der Waals surface area contributed by atoms with Crippen LogP contribution < -0.4 is 10.6 Å². The summed E-state index contributed by atoms with van der Waals surface area (Å²) in [6.07, 6.45) is 0. The van der Waals surface area contributed by atoms with Gasteiger partial charge in [0, 0.05) is 22.0 Å². The molecule has 1 amide bonds. The molecule has 1 unspecified atom stereocenters. The number of hydrogen-bond acceptors (Lipinski definition) is 5. The smallest absolute Gasteiger partial charge is 0.255 e. The van der Waals surface area contributed by atoms with E-state index in [9.17, 15) is 10.1 Å². The third-order valence-electron chi connectivity index (χ3n) is 5.59. The first kappa shape index (κ1) is 21.4. The zero-order valence-electron chi connectivity index (χ0n) is 18.2. The average Bonchev–Trinajstić information content (AvgIpc) is 3.27. The molecule has 2 N–H and O–H groups in total. The van der Waals surface area contributed by atoms with Gasteiger partial charge in [0.1, 0.15) is 6.04 Å². The molecule has 1 atom stereocenters. The van der Waals surface area contributed by atoms with Crippen molar-refractivity contribution in [3.8, 4) is 17.5 Å².